The van der Waals surface area contributed by atoms with Crippen molar-refractivity contribution in [1.29, 1.82) is 0 Å². The summed E-state index contributed by atoms with van der Waals surface area (Å²) in [5, 5.41) is 14.2. The number of rotatable bonds is 5. The minimum absolute atomic E-state index is 0.248. The maximum atomic E-state index is 12.9. The van der Waals surface area contributed by atoms with Crippen LogP contribution >= 0.6 is 0 Å². The third-order valence-electron chi connectivity index (χ3n) is 3.71. The molecular formula is C18H18FN5. The van der Waals surface area contributed by atoms with Gasteiger partial charge >= 0.3 is 0 Å². The molecule has 0 fully saturated rings. The Labute approximate surface area is 140 Å². The molecule has 5 nitrogen and oxygen atoms in total. The molecular weight excluding hydrogens is 305 g/mol. The molecule has 0 unspecified atom stereocenters. The summed E-state index contributed by atoms with van der Waals surface area (Å²) in [7, 11) is 0. The molecule has 3 aromatic rings. The zero-order valence-electron chi connectivity index (χ0n) is 13.5. The summed E-state index contributed by atoms with van der Waals surface area (Å²) in [5.74, 6) is 0.769. The van der Waals surface area contributed by atoms with E-state index in [2.05, 4.69) is 39.7 Å². The molecule has 2 N–H and O–H groups in total. The molecule has 6 heteroatoms. The molecule has 0 radical (unpaired) electrons. The van der Waals surface area contributed by atoms with E-state index < -0.39 is 0 Å². The van der Waals surface area contributed by atoms with E-state index in [0.29, 0.717) is 18.3 Å². The van der Waals surface area contributed by atoms with Crippen LogP contribution in [0.1, 0.15) is 16.7 Å². The minimum atomic E-state index is -0.248. The third kappa shape index (κ3) is 4.04. The van der Waals surface area contributed by atoms with Crippen molar-refractivity contribution < 1.29 is 4.39 Å². The summed E-state index contributed by atoms with van der Waals surface area (Å²) in [4.78, 5) is 4.38. The molecule has 0 aliphatic rings. The quantitative estimate of drug-likeness (QED) is 0.743. The van der Waals surface area contributed by atoms with Gasteiger partial charge in [0.25, 0.3) is 0 Å². The molecule has 3 rings (SSSR count). The average Bonchev–Trinajstić information content (AvgIpc) is 2.58. The van der Waals surface area contributed by atoms with Gasteiger partial charge in [0.15, 0.2) is 5.82 Å². The van der Waals surface area contributed by atoms with Crippen LogP contribution in [0, 0.1) is 19.7 Å². The summed E-state index contributed by atoms with van der Waals surface area (Å²) >= 11 is 0. The maximum Gasteiger partial charge on any atom is 0.249 e. The first kappa shape index (κ1) is 15.9. The molecule has 0 aliphatic heterocycles. The fourth-order valence-corrected chi connectivity index (χ4v) is 2.18. The monoisotopic (exact) mass is 323 g/mol. The largest absolute Gasteiger partial charge is 0.365 e. The van der Waals surface area contributed by atoms with Crippen LogP contribution in [0.25, 0.3) is 0 Å². The molecule has 24 heavy (non-hydrogen) atoms. The molecule has 1 heterocycles. The second-order valence-electron chi connectivity index (χ2n) is 5.57. The van der Waals surface area contributed by atoms with Crippen LogP contribution in [0.2, 0.25) is 0 Å². The van der Waals surface area contributed by atoms with E-state index in [0.717, 1.165) is 11.3 Å². The molecule has 0 spiro atoms. The first-order valence-corrected chi connectivity index (χ1v) is 7.62. The van der Waals surface area contributed by atoms with Gasteiger partial charge in [-0.2, -0.15) is 10.1 Å². The summed E-state index contributed by atoms with van der Waals surface area (Å²) in [5.41, 5.74) is 4.29. The molecule has 122 valence electrons. The zero-order valence-corrected chi connectivity index (χ0v) is 13.5. The lowest BCUT2D eigenvalue weighted by Crippen LogP contribution is -2.05. The Morgan fingerprint density at radius 3 is 2.54 bits per heavy atom. The number of halogens is 1. The number of hydrogen-bond acceptors (Lipinski definition) is 5. The van der Waals surface area contributed by atoms with Crippen molar-refractivity contribution in [2.45, 2.75) is 20.4 Å². The molecule has 1 aromatic heterocycles. The van der Waals surface area contributed by atoms with Crippen LogP contribution < -0.4 is 10.6 Å². The Kier molecular flexibility index (Phi) is 4.65. The molecule has 0 saturated carbocycles. The summed E-state index contributed by atoms with van der Waals surface area (Å²) in [6.45, 7) is 4.65. The van der Waals surface area contributed by atoms with E-state index in [1.54, 1.807) is 18.3 Å². The van der Waals surface area contributed by atoms with E-state index in [1.165, 1.54) is 23.3 Å². The van der Waals surface area contributed by atoms with Gasteiger partial charge in [-0.1, -0.05) is 18.2 Å². The van der Waals surface area contributed by atoms with Crippen LogP contribution in [-0.2, 0) is 6.54 Å². The van der Waals surface area contributed by atoms with Crippen molar-refractivity contribution in [1.82, 2.24) is 15.2 Å². The van der Waals surface area contributed by atoms with Gasteiger partial charge in [-0.25, -0.2) is 4.39 Å². The Morgan fingerprint density at radius 2 is 1.79 bits per heavy atom. The van der Waals surface area contributed by atoms with Crippen molar-refractivity contribution in [3.63, 3.8) is 0 Å². The van der Waals surface area contributed by atoms with E-state index in [9.17, 15) is 4.39 Å². The fourth-order valence-electron chi connectivity index (χ4n) is 2.18. The highest BCUT2D eigenvalue weighted by Crippen LogP contribution is 2.17. The van der Waals surface area contributed by atoms with Gasteiger partial charge in [-0.3, -0.25) is 0 Å². The van der Waals surface area contributed by atoms with Crippen molar-refractivity contribution in [2.75, 3.05) is 10.6 Å². The first-order chi connectivity index (χ1) is 11.6. The van der Waals surface area contributed by atoms with Gasteiger partial charge < -0.3 is 10.6 Å². The van der Waals surface area contributed by atoms with Gasteiger partial charge in [0, 0.05) is 12.2 Å². The number of nitrogens with one attached hydrogen (secondary N) is 2. The summed E-state index contributed by atoms with van der Waals surface area (Å²) < 4.78 is 12.9. The highest BCUT2D eigenvalue weighted by atomic mass is 19.1. The van der Waals surface area contributed by atoms with E-state index in [4.69, 9.17) is 0 Å². The molecule has 2 aromatic carbocycles. The molecule has 0 atom stereocenters. The van der Waals surface area contributed by atoms with Crippen molar-refractivity contribution in [3.8, 4) is 0 Å². The SMILES string of the molecule is Cc1ccc(Nc2nncc(NCc3ccc(F)cc3)n2)cc1C. The lowest BCUT2D eigenvalue weighted by Gasteiger charge is -2.09. The lowest BCUT2D eigenvalue weighted by atomic mass is 10.1. The predicted molar refractivity (Wildman–Crippen MR) is 92.8 cm³/mol. The maximum absolute atomic E-state index is 12.9. The zero-order chi connectivity index (χ0) is 16.9. The Bertz CT molecular complexity index is 833. The van der Waals surface area contributed by atoms with Crippen molar-refractivity contribution in [3.05, 3.63) is 71.2 Å². The van der Waals surface area contributed by atoms with Gasteiger partial charge in [0.05, 0.1) is 6.20 Å². The minimum Gasteiger partial charge on any atom is -0.365 e. The van der Waals surface area contributed by atoms with Crippen LogP contribution in [-0.4, -0.2) is 15.2 Å². The van der Waals surface area contributed by atoms with E-state index >= 15 is 0 Å². The molecule has 0 bridgehead atoms. The van der Waals surface area contributed by atoms with Crippen LogP contribution in [0.5, 0.6) is 0 Å². The number of nitrogens with zero attached hydrogens (tertiary/aromatic N) is 3. The standard InChI is InChI=1S/C18H18FN5/c1-12-3-8-16(9-13(12)2)22-18-23-17(11-21-24-18)20-10-14-4-6-15(19)7-5-14/h3-9,11H,10H2,1-2H3,(H2,20,22,23,24). The van der Waals surface area contributed by atoms with Gasteiger partial charge in [0.2, 0.25) is 5.95 Å². The number of aromatic nitrogens is 3. The smallest absolute Gasteiger partial charge is 0.249 e. The lowest BCUT2D eigenvalue weighted by molar-refractivity contribution is 0.627. The summed E-state index contributed by atoms with van der Waals surface area (Å²) in [6, 6.07) is 12.4. The van der Waals surface area contributed by atoms with Gasteiger partial charge in [-0.05, 0) is 54.8 Å². The van der Waals surface area contributed by atoms with Crippen LogP contribution in [0.4, 0.5) is 21.8 Å². The molecule has 0 saturated heterocycles. The van der Waals surface area contributed by atoms with Crippen LogP contribution in [0.15, 0.2) is 48.7 Å². The fraction of sp³-hybridized carbons (Fsp3) is 0.167. The average molecular weight is 323 g/mol. The molecule has 0 aliphatic carbocycles. The highest BCUT2D eigenvalue weighted by Gasteiger charge is 2.03. The Hall–Kier alpha value is -3.02. The van der Waals surface area contributed by atoms with Crippen molar-refractivity contribution in [2.24, 2.45) is 0 Å². The normalized spacial score (nSPS) is 10.5. The number of hydrogen-bond donors (Lipinski definition) is 2. The van der Waals surface area contributed by atoms with Crippen LogP contribution in [0.3, 0.4) is 0 Å². The van der Waals surface area contributed by atoms with E-state index in [-0.39, 0.29) is 5.82 Å². The topological polar surface area (TPSA) is 62.7 Å². The third-order valence-corrected chi connectivity index (χ3v) is 3.71. The second kappa shape index (κ2) is 7.04. The molecule has 0 amide bonds. The first-order valence-electron chi connectivity index (χ1n) is 7.62. The Morgan fingerprint density at radius 1 is 1.00 bits per heavy atom. The highest BCUT2D eigenvalue weighted by molar-refractivity contribution is 5.56. The second-order valence-corrected chi connectivity index (χ2v) is 5.57. The number of aryl methyl sites for hydroxylation is 2. The van der Waals surface area contributed by atoms with Gasteiger partial charge in [0.1, 0.15) is 5.82 Å². The number of benzene rings is 2. The Balaban J connectivity index is 1.67. The van der Waals surface area contributed by atoms with Gasteiger partial charge in [-0.15, -0.1) is 5.10 Å². The van der Waals surface area contributed by atoms with E-state index in [1.807, 2.05) is 18.2 Å². The predicted octanol–water partition coefficient (Wildman–Crippen LogP) is 3.98. The summed E-state index contributed by atoms with van der Waals surface area (Å²) in [6.07, 6.45) is 1.55. The van der Waals surface area contributed by atoms with Crippen molar-refractivity contribution >= 4 is 17.5 Å². The number of anilines is 3.